The summed E-state index contributed by atoms with van der Waals surface area (Å²) in [5.41, 5.74) is 0.268. The Bertz CT molecular complexity index is 619. The molecule has 0 saturated carbocycles. The fourth-order valence-corrected chi connectivity index (χ4v) is 3.01. The first-order valence-electron chi connectivity index (χ1n) is 8.61. The van der Waals surface area contributed by atoms with E-state index in [4.69, 9.17) is 18.9 Å². The molecule has 136 valence electrons. The minimum atomic E-state index is -0.585. The van der Waals surface area contributed by atoms with Crippen LogP contribution in [0.1, 0.15) is 36.0 Å². The Labute approximate surface area is 146 Å². The highest BCUT2D eigenvalue weighted by Gasteiger charge is 2.23. The summed E-state index contributed by atoms with van der Waals surface area (Å²) in [6, 6.07) is 3.09. The van der Waals surface area contributed by atoms with Crippen molar-refractivity contribution in [2.45, 2.75) is 25.7 Å². The van der Waals surface area contributed by atoms with Gasteiger partial charge >= 0.3 is 5.97 Å². The number of ether oxygens (including phenoxy) is 4. The number of hydrogen-bond acceptors (Lipinski definition) is 6. The lowest BCUT2D eigenvalue weighted by atomic mass is 10.1. The first kappa shape index (κ1) is 17.4. The second-order valence-corrected chi connectivity index (χ2v) is 6.07. The Morgan fingerprint density at radius 1 is 1.08 bits per heavy atom. The standard InChI is InChI=1S/C18H23NO6/c1-22-14-10-13(11-15-17(14)24-9-8-23-15)18(21)25-12-16(20)19-6-4-2-3-5-7-19/h10-11H,2-9,12H2,1H3. The Morgan fingerprint density at radius 3 is 2.52 bits per heavy atom. The maximum atomic E-state index is 12.3. The number of nitrogens with zero attached hydrogens (tertiary/aromatic N) is 1. The van der Waals surface area contributed by atoms with E-state index in [2.05, 4.69) is 0 Å². The van der Waals surface area contributed by atoms with Crippen LogP contribution in [0.3, 0.4) is 0 Å². The third-order valence-corrected chi connectivity index (χ3v) is 4.35. The predicted octanol–water partition coefficient (Wildman–Crippen LogP) is 2.03. The highest BCUT2D eigenvalue weighted by molar-refractivity contribution is 5.92. The summed E-state index contributed by atoms with van der Waals surface area (Å²) in [7, 11) is 1.49. The Kier molecular flexibility index (Phi) is 5.63. The maximum absolute atomic E-state index is 12.3. The van der Waals surface area contributed by atoms with Crippen LogP contribution in [-0.2, 0) is 9.53 Å². The monoisotopic (exact) mass is 349 g/mol. The minimum Gasteiger partial charge on any atom is -0.493 e. The average Bonchev–Trinajstić information content (AvgIpc) is 2.94. The second-order valence-electron chi connectivity index (χ2n) is 6.07. The molecule has 7 nitrogen and oxygen atoms in total. The number of fused-ring (bicyclic) bond motifs is 1. The topological polar surface area (TPSA) is 74.3 Å². The van der Waals surface area contributed by atoms with Crippen molar-refractivity contribution in [1.82, 2.24) is 4.90 Å². The Morgan fingerprint density at radius 2 is 1.80 bits per heavy atom. The molecular weight excluding hydrogens is 326 g/mol. The summed E-state index contributed by atoms with van der Waals surface area (Å²) >= 11 is 0. The lowest BCUT2D eigenvalue weighted by Crippen LogP contribution is -2.35. The molecule has 1 fully saturated rings. The van der Waals surface area contributed by atoms with E-state index in [1.54, 1.807) is 11.0 Å². The Balaban J connectivity index is 1.63. The molecule has 0 aromatic heterocycles. The van der Waals surface area contributed by atoms with Gasteiger partial charge in [-0.25, -0.2) is 4.79 Å². The van der Waals surface area contributed by atoms with Crippen LogP contribution in [0.2, 0.25) is 0 Å². The molecule has 0 unspecified atom stereocenters. The van der Waals surface area contributed by atoms with E-state index in [0.29, 0.717) is 30.5 Å². The summed E-state index contributed by atoms with van der Waals surface area (Å²) < 4.78 is 21.5. The van der Waals surface area contributed by atoms with Gasteiger partial charge in [-0.3, -0.25) is 4.79 Å². The zero-order valence-electron chi connectivity index (χ0n) is 14.4. The SMILES string of the molecule is COc1cc(C(=O)OCC(=O)N2CCCCCC2)cc2c1OCCO2. The molecule has 1 saturated heterocycles. The van der Waals surface area contributed by atoms with Gasteiger partial charge < -0.3 is 23.8 Å². The summed E-state index contributed by atoms with van der Waals surface area (Å²) in [6.07, 6.45) is 4.28. The van der Waals surface area contributed by atoms with Crippen LogP contribution in [-0.4, -0.2) is 56.8 Å². The van der Waals surface area contributed by atoms with Crippen LogP contribution in [0.25, 0.3) is 0 Å². The average molecular weight is 349 g/mol. The van der Waals surface area contributed by atoms with Crippen molar-refractivity contribution in [1.29, 1.82) is 0 Å². The van der Waals surface area contributed by atoms with E-state index in [0.717, 1.165) is 38.8 Å². The van der Waals surface area contributed by atoms with Gasteiger partial charge in [-0.15, -0.1) is 0 Å². The number of esters is 1. The van der Waals surface area contributed by atoms with Crippen molar-refractivity contribution < 1.29 is 28.5 Å². The third-order valence-electron chi connectivity index (χ3n) is 4.35. The molecule has 0 bridgehead atoms. The number of rotatable bonds is 4. The smallest absolute Gasteiger partial charge is 0.338 e. The van der Waals surface area contributed by atoms with Gasteiger partial charge in [0.2, 0.25) is 5.75 Å². The van der Waals surface area contributed by atoms with Crippen molar-refractivity contribution in [2.24, 2.45) is 0 Å². The molecule has 3 rings (SSSR count). The zero-order valence-corrected chi connectivity index (χ0v) is 14.4. The highest BCUT2D eigenvalue weighted by atomic mass is 16.6. The predicted molar refractivity (Wildman–Crippen MR) is 89.3 cm³/mol. The number of amides is 1. The lowest BCUT2D eigenvalue weighted by Gasteiger charge is -2.21. The van der Waals surface area contributed by atoms with Gasteiger partial charge in [-0.2, -0.15) is 0 Å². The van der Waals surface area contributed by atoms with Crippen molar-refractivity contribution in [3.8, 4) is 17.2 Å². The van der Waals surface area contributed by atoms with Gasteiger partial charge in [-0.1, -0.05) is 12.8 Å². The molecule has 7 heteroatoms. The number of hydrogen-bond donors (Lipinski definition) is 0. The van der Waals surface area contributed by atoms with Crippen LogP contribution in [0.4, 0.5) is 0 Å². The van der Waals surface area contributed by atoms with E-state index >= 15 is 0 Å². The maximum Gasteiger partial charge on any atom is 0.338 e. The molecule has 1 aromatic carbocycles. The van der Waals surface area contributed by atoms with Gasteiger partial charge in [-0.05, 0) is 25.0 Å². The van der Waals surface area contributed by atoms with Crippen molar-refractivity contribution >= 4 is 11.9 Å². The number of likely N-dealkylation sites (tertiary alicyclic amines) is 1. The quantitative estimate of drug-likeness (QED) is 0.775. The van der Waals surface area contributed by atoms with Crippen LogP contribution >= 0.6 is 0 Å². The molecule has 1 amide bonds. The van der Waals surface area contributed by atoms with Crippen LogP contribution < -0.4 is 14.2 Å². The van der Waals surface area contributed by atoms with E-state index in [9.17, 15) is 9.59 Å². The number of benzene rings is 1. The van der Waals surface area contributed by atoms with Crippen molar-refractivity contribution in [3.63, 3.8) is 0 Å². The van der Waals surface area contributed by atoms with Gasteiger partial charge in [0.05, 0.1) is 12.7 Å². The summed E-state index contributed by atoms with van der Waals surface area (Å²) in [4.78, 5) is 26.3. The molecular formula is C18H23NO6. The molecule has 0 spiro atoms. The summed E-state index contributed by atoms with van der Waals surface area (Å²) in [6.45, 7) is 2.04. The van der Waals surface area contributed by atoms with Crippen LogP contribution in [0.15, 0.2) is 12.1 Å². The number of carbonyl (C=O) groups excluding carboxylic acids is 2. The van der Waals surface area contributed by atoms with Gasteiger partial charge in [0, 0.05) is 13.1 Å². The molecule has 25 heavy (non-hydrogen) atoms. The van der Waals surface area contributed by atoms with Gasteiger partial charge in [0.1, 0.15) is 13.2 Å². The molecule has 2 heterocycles. The fourth-order valence-electron chi connectivity index (χ4n) is 3.01. The molecule has 1 aromatic rings. The number of methoxy groups -OCH3 is 1. The third kappa shape index (κ3) is 4.15. The van der Waals surface area contributed by atoms with E-state index in [1.807, 2.05) is 0 Å². The zero-order chi connectivity index (χ0) is 17.6. The summed E-state index contributed by atoms with van der Waals surface area (Å²) in [5.74, 6) is 0.587. The van der Waals surface area contributed by atoms with Crippen LogP contribution in [0.5, 0.6) is 17.2 Å². The normalized spacial score (nSPS) is 16.8. The van der Waals surface area contributed by atoms with Gasteiger partial charge in [0.25, 0.3) is 5.91 Å². The van der Waals surface area contributed by atoms with E-state index in [-0.39, 0.29) is 18.1 Å². The molecule has 2 aliphatic rings. The second kappa shape index (κ2) is 8.09. The fraction of sp³-hybridized carbons (Fsp3) is 0.556. The van der Waals surface area contributed by atoms with Crippen molar-refractivity contribution in [3.05, 3.63) is 17.7 Å². The molecule has 0 atom stereocenters. The Hall–Kier alpha value is -2.44. The van der Waals surface area contributed by atoms with Crippen LogP contribution in [0, 0.1) is 0 Å². The first-order chi connectivity index (χ1) is 12.2. The van der Waals surface area contributed by atoms with E-state index < -0.39 is 5.97 Å². The van der Waals surface area contributed by atoms with Gasteiger partial charge in [0.15, 0.2) is 18.1 Å². The number of carbonyl (C=O) groups is 2. The molecule has 0 N–H and O–H groups in total. The minimum absolute atomic E-state index is 0.153. The van der Waals surface area contributed by atoms with Crippen molar-refractivity contribution in [2.75, 3.05) is 40.0 Å². The highest BCUT2D eigenvalue weighted by Crippen LogP contribution is 2.40. The molecule has 0 aliphatic carbocycles. The summed E-state index contributed by atoms with van der Waals surface area (Å²) in [5, 5.41) is 0. The van der Waals surface area contributed by atoms with E-state index in [1.165, 1.54) is 13.2 Å². The molecule has 2 aliphatic heterocycles. The largest absolute Gasteiger partial charge is 0.493 e. The molecule has 0 radical (unpaired) electrons. The first-order valence-corrected chi connectivity index (χ1v) is 8.61. The lowest BCUT2D eigenvalue weighted by molar-refractivity contribution is -0.134.